The molecule has 1 aliphatic rings. The molecule has 0 heterocycles. The fourth-order valence-electron chi connectivity index (χ4n) is 6.57. The molecular weight excluding hydrogens is 548 g/mol. The summed E-state index contributed by atoms with van der Waals surface area (Å²) in [5.74, 6) is -0.00862. The van der Waals surface area contributed by atoms with E-state index in [1.54, 1.807) is 11.0 Å². The van der Waals surface area contributed by atoms with Gasteiger partial charge in [-0.3, -0.25) is 9.59 Å². The van der Waals surface area contributed by atoms with Crippen molar-refractivity contribution in [2.75, 3.05) is 19.6 Å². The Balaban J connectivity index is 1.94. The van der Waals surface area contributed by atoms with Crippen LogP contribution in [0, 0.1) is 34.8 Å². The number of allylic oxidation sites excluding steroid dienone is 1. The van der Waals surface area contributed by atoms with Crippen molar-refractivity contribution < 1.29 is 23.5 Å². The summed E-state index contributed by atoms with van der Waals surface area (Å²) in [6.45, 7) is 7.96. The lowest BCUT2D eigenvalue weighted by atomic mass is 9.57. The lowest BCUT2D eigenvalue weighted by molar-refractivity contribution is -0.162. The number of aliphatic hydroxyl groups is 1. The Morgan fingerprint density at radius 2 is 1.74 bits per heavy atom. The van der Waals surface area contributed by atoms with Gasteiger partial charge in [-0.2, -0.15) is 0 Å². The van der Waals surface area contributed by atoms with Crippen molar-refractivity contribution in [2.24, 2.45) is 16.6 Å². The Kier molecular flexibility index (Phi) is 12.1. The minimum Gasteiger partial charge on any atom is -0.391 e. The highest BCUT2D eigenvalue weighted by Crippen LogP contribution is 2.51. The van der Waals surface area contributed by atoms with E-state index in [4.69, 9.17) is 12.2 Å². The van der Waals surface area contributed by atoms with E-state index < -0.39 is 34.5 Å². The van der Waals surface area contributed by atoms with Crippen molar-refractivity contribution in [3.8, 4) is 12.3 Å². The van der Waals surface area contributed by atoms with Crippen LogP contribution < -0.4 is 11.1 Å². The first kappa shape index (κ1) is 34.0. The molecule has 6 nitrogen and oxygen atoms in total. The van der Waals surface area contributed by atoms with Crippen LogP contribution in [0.3, 0.4) is 0 Å². The van der Waals surface area contributed by atoms with Gasteiger partial charge in [-0.25, -0.2) is 8.78 Å². The van der Waals surface area contributed by atoms with E-state index in [1.165, 1.54) is 0 Å². The molecule has 0 aromatic heterocycles. The number of aliphatic hydroxyl groups excluding tert-OH is 1. The third kappa shape index (κ3) is 8.10. The summed E-state index contributed by atoms with van der Waals surface area (Å²) in [6.07, 6.45) is 8.40. The smallest absolute Gasteiger partial charge is 0.231 e. The Bertz CT molecular complexity index is 1330. The first-order valence-electron chi connectivity index (χ1n) is 15.1. The van der Waals surface area contributed by atoms with Crippen LogP contribution in [0.5, 0.6) is 0 Å². The zero-order chi connectivity index (χ0) is 31.6. The van der Waals surface area contributed by atoms with Crippen molar-refractivity contribution in [1.29, 1.82) is 0 Å². The average Bonchev–Trinajstić information content (AvgIpc) is 2.94. The van der Waals surface area contributed by atoms with Crippen LogP contribution in [0.15, 0.2) is 54.1 Å². The van der Waals surface area contributed by atoms with E-state index in [-0.39, 0.29) is 24.3 Å². The highest BCUT2D eigenvalue weighted by atomic mass is 19.1. The molecule has 2 amide bonds. The third-order valence-corrected chi connectivity index (χ3v) is 8.29. The Morgan fingerprint density at radius 1 is 1.09 bits per heavy atom. The average molecular weight is 594 g/mol. The van der Waals surface area contributed by atoms with Gasteiger partial charge in [0.05, 0.1) is 16.9 Å². The first-order valence-corrected chi connectivity index (χ1v) is 15.1. The molecule has 3 rings (SSSR count). The molecule has 0 aliphatic heterocycles. The molecule has 232 valence electrons. The molecular formula is C35H45F2N3O3. The van der Waals surface area contributed by atoms with Gasteiger partial charge in [0.15, 0.2) is 0 Å². The number of carbonyl (C=O) groups is 2. The molecule has 0 saturated carbocycles. The van der Waals surface area contributed by atoms with Crippen LogP contribution in [0.1, 0.15) is 69.6 Å². The van der Waals surface area contributed by atoms with Gasteiger partial charge in [0, 0.05) is 32.1 Å². The van der Waals surface area contributed by atoms with Crippen LogP contribution in [-0.4, -0.2) is 47.6 Å². The van der Waals surface area contributed by atoms with Gasteiger partial charge in [0.25, 0.3) is 0 Å². The minimum atomic E-state index is -1.73. The topological polar surface area (TPSA) is 95.7 Å². The monoisotopic (exact) mass is 593 g/mol. The quantitative estimate of drug-likeness (QED) is 0.153. The van der Waals surface area contributed by atoms with Crippen molar-refractivity contribution in [3.05, 3.63) is 82.4 Å². The molecule has 1 aliphatic carbocycles. The van der Waals surface area contributed by atoms with Gasteiger partial charge in [-0.1, -0.05) is 49.8 Å². The summed E-state index contributed by atoms with van der Waals surface area (Å²) in [5.41, 5.74) is 5.96. The predicted octanol–water partition coefficient (Wildman–Crippen LogP) is 5.07. The number of nitrogens with two attached hydrogens (primary N) is 1. The standard InChI is InChI=1S/C35H45F2N3O3/c1-5-10-26-11-8-12-27(17-26)24-39-14-9-13-34(33(43)40(15-6-2)16-7-3)21-25(4)22-35(31(34)41,32(38)42)23-28-18-29(36)20-30(37)19-28/h1,8,11-12,17-20,22,31,39,41H,6-7,9-10,13-16,21,23-24H2,2-4H3,(H2,38,42)/t31-,34?,35-/m1/s1. The van der Waals surface area contributed by atoms with Gasteiger partial charge in [0.2, 0.25) is 11.8 Å². The normalized spacial score (nSPS) is 21.6. The van der Waals surface area contributed by atoms with Crippen molar-refractivity contribution in [1.82, 2.24) is 10.2 Å². The number of hydrogen-bond donors (Lipinski definition) is 3. The molecule has 0 fully saturated rings. The van der Waals surface area contributed by atoms with E-state index in [0.717, 1.165) is 47.7 Å². The number of nitrogens with one attached hydrogen (secondary N) is 1. The number of carbonyl (C=O) groups excluding carboxylic acids is 2. The lowest BCUT2D eigenvalue weighted by Crippen LogP contribution is -2.62. The number of primary amides is 1. The maximum absolute atomic E-state index is 14.4. The van der Waals surface area contributed by atoms with E-state index in [2.05, 4.69) is 17.3 Å². The van der Waals surface area contributed by atoms with Gasteiger partial charge < -0.3 is 21.1 Å². The number of terminal acetylenes is 1. The second-order valence-corrected chi connectivity index (χ2v) is 11.9. The maximum atomic E-state index is 14.4. The SMILES string of the molecule is C#CCc1cccc(CNCCCC2(C(=O)N(CCC)CCC)CC(C)=C[C@](Cc3cc(F)cc(F)c3)(C(N)=O)[C@@H]2O)c1. The van der Waals surface area contributed by atoms with Crippen LogP contribution in [-0.2, 0) is 29.0 Å². The van der Waals surface area contributed by atoms with E-state index >= 15 is 0 Å². The summed E-state index contributed by atoms with van der Waals surface area (Å²) in [4.78, 5) is 29.4. The number of halogens is 2. The highest BCUT2D eigenvalue weighted by molar-refractivity contribution is 5.90. The lowest BCUT2D eigenvalue weighted by Gasteiger charge is -2.50. The molecule has 43 heavy (non-hydrogen) atoms. The first-order chi connectivity index (χ1) is 20.5. The van der Waals surface area contributed by atoms with Crippen molar-refractivity contribution in [3.63, 3.8) is 0 Å². The second-order valence-electron chi connectivity index (χ2n) is 11.9. The number of rotatable bonds is 15. The number of benzene rings is 2. The molecule has 0 radical (unpaired) electrons. The fourth-order valence-corrected chi connectivity index (χ4v) is 6.57. The van der Waals surface area contributed by atoms with Crippen molar-refractivity contribution >= 4 is 11.8 Å². The van der Waals surface area contributed by atoms with Crippen LogP contribution in [0.4, 0.5) is 8.78 Å². The second kappa shape index (κ2) is 15.3. The van der Waals surface area contributed by atoms with Gasteiger partial charge in [-0.15, -0.1) is 12.3 Å². The molecule has 1 unspecified atom stereocenters. The Hall–Kier alpha value is -3.54. The predicted molar refractivity (Wildman–Crippen MR) is 166 cm³/mol. The number of hydrogen-bond acceptors (Lipinski definition) is 4. The number of nitrogens with zero attached hydrogens (tertiary/aromatic N) is 1. The molecule has 0 bridgehead atoms. The Labute approximate surface area is 254 Å². The summed E-state index contributed by atoms with van der Waals surface area (Å²) in [7, 11) is 0. The van der Waals surface area contributed by atoms with Crippen LogP contribution >= 0.6 is 0 Å². The largest absolute Gasteiger partial charge is 0.391 e. The zero-order valence-corrected chi connectivity index (χ0v) is 25.6. The molecule has 4 N–H and O–H groups in total. The summed E-state index contributed by atoms with van der Waals surface area (Å²) in [6, 6.07) is 11.0. The highest BCUT2D eigenvalue weighted by Gasteiger charge is 2.59. The molecule has 2 aromatic rings. The van der Waals surface area contributed by atoms with Gasteiger partial charge in [-0.05, 0) is 80.8 Å². The van der Waals surface area contributed by atoms with Crippen molar-refractivity contribution in [2.45, 2.75) is 78.4 Å². The molecule has 0 saturated heterocycles. The molecule has 3 atom stereocenters. The van der Waals surface area contributed by atoms with Gasteiger partial charge in [0.1, 0.15) is 11.6 Å². The fraction of sp³-hybridized carbons (Fsp3) is 0.486. The minimum absolute atomic E-state index is 0.176. The summed E-state index contributed by atoms with van der Waals surface area (Å²) < 4.78 is 28.3. The van der Waals surface area contributed by atoms with E-state index in [9.17, 15) is 23.5 Å². The summed E-state index contributed by atoms with van der Waals surface area (Å²) >= 11 is 0. The Morgan fingerprint density at radius 3 is 2.35 bits per heavy atom. The van der Waals surface area contributed by atoms with E-state index in [1.807, 2.05) is 39.0 Å². The summed E-state index contributed by atoms with van der Waals surface area (Å²) in [5, 5.41) is 15.6. The molecule has 0 spiro atoms. The van der Waals surface area contributed by atoms with Crippen LogP contribution in [0.25, 0.3) is 0 Å². The van der Waals surface area contributed by atoms with Crippen LogP contribution in [0.2, 0.25) is 0 Å². The van der Waals surface area contributed by atoms with E-state index in [0.29, 0.717) is 45.4 Å². The molecule has 8 heteroatoms. The third-order valence-electron chi connectivity index (χ3n) is 8.29. The van der Waals surface area contributed by atoms with Gasteiger partial charge >= 0.3 is 0 Å². The molecule has 2 aromatic carbocycles. The number of amides is 2. The maximum Gasteiger partial charge on any atom is 0.231 e. The zero-order valence-electron chi connectivity index (χ0n) is 25.6.